The summed E-state index contributed by atoms with van der Waals surface area (Å²) in [6.45, 7) is 3.08. The van der Waals surface area contributed by atoms with Crippen molar-refractivity contribution >= 4 is 22.6 Å². The maximum absolute atomic E-state index is 9.69. The predicted molar refractivity (Wildman–Crippen MR) is 74.4 cm³/mol. The molecule has 0 amide bonds. The molecule has 1 N–H and O–H groups in total. The van der Waals surface area contributed by atoms with Gasteiger partial charge < -0.3 is 14.4 Å². The van der Waals surface area contributed by atoms with Gasteiger partial charge in [0, 0.05) is 11.6 Å². The molecule has 2 atom stereocenters. The third-order valence-corrected chi connectivity index (χ3v) is 3.64. The molecule has 1 aliphatic rings. The summed E-state index contributed by atoms with van der Waals surface area (Å²) in [4.78, 5) is 4.65. The van der Waals surface area contributed by atoms with Gasteiger partial charge >= 0.3 is 0 Å². The number of fused-ring (bicyclic) bond motifs is 1. The number of aliphatic hydroxyl groups is 1. The lowest BCUT2D eigenvalue weighted by atomic mass is 10.2. The van der Waals surface area contributed by atoms with Gasteiger partial charge in [0.1, 0.15) is 11.9 Å². The molecule has 0 aliphatic carbocycles. The van der Waals surface area contributed by atoms with Crippen LogP contribution in [-0.4, -0.2) is 27.4 Å². The van der Waals surface area contributed by atoms with Crippen molar-refractivity contribution in [2.24, 2.45) is 0 Å². The number of rotatable bonds is 3. The molecule has 5 heteroatoms. The van der Waals surface area contributed by atoms with Crippen molar-refractivity contribution in [3.05, 3.63) is 29.0 Å². The maximum Gasteiger partial charge on any atom is 0.139 e. The van der Waals surface area contributed by atoms with Crippen LogP contribution >= 0.6 is 11.6 Å². The lowest BCUT2D eigenvalue weighted by molar-refractivity contribution is 0.0983. The Morgan fingerprint density at radius 3 is 3.11 bits per heavy atom. The first-order chi connectivity index (χ1) is 9.15. The standard InChI is InChI=1S/C14H17ClN2O2/c1-9(18)8-17-12-5-4-10(15)7-11(12)16-14(17)13-3-2-6-19-13/h4-5,7,9,13,18H,2-3,6,8H2,1H3. The second-order valence-electron chi connectivity index (χ2n) is 5.06. The normalized spacial score (nSPS) is 21.1. The van der Waals surface area contributed by atoms with Crippen LogP contribution in [0.4, 0.5) is 0 Å². The Balaban J connectivity index is 2.12. The second kappa shape index (κ2) is 5.12. The van der Waals surface area contributed by atoms with Gasteiger partial charge in [0.05, 0.1) is 23.7 Å². The van der Waals surface area contributed by atoms with Gasteiger partial charge in [-0.1, -0.05) is 11.6 Å². The molecule has 102 valence electrons. The van der Waals surface area contributed by atoms with Gasteiger partial charge in [-0.2, -0.15) is 0 Å². The Kier molecular flexibility index (Phi) is 3.48. The number of nitrogens with zero attached hydrogens (tertiary/aromatic N) is 2. The Morgan fingerprint density at radius 2 is 2.42 bits per heavy atom. The van der Waals surface area contributed by atoms with E-state index in [9.17, 15) is 5.11 Å². The van der Waals surface area contributed by atoms with Crippen LogP contribution in [0.15, 0.2) is 18.2 Å². The molecule has 1 aliphatic heterocycles. The number of halogens is 1. The largest absolute Gasteiger partial charge is 0.392 e. The third kappa shape index (κ3) is 2.48. The van der Waals surface area contributed by atoms with E-state index in [1.807, 2.05) is 22.8 Å². The molecule has 1 fully saturated rings. The second-order valence-corrected chi connectivity index (χ2v) is 5.50. The Morgan fingerprint density at radius 1 is 1.58 bits per heavy atom. The van der Waals surface area contributed by atoms with Gasteiger partial charge in [0.2, 0.25) is 0 Å². The molecule has 19 heavy (non-hydrogen) atoms. The van der Waals surface area contributed by atoms with Crippen LogP contribution in [0.2, 0.25) is 5.02 Å². The van der Waals surface area contributed by atoms with E-state index in [-0.39, 0.29) is 6.10 Å². The van der Waals surface area contributed by atoms with E-state index in [2.05, 4.69) is 4.98 Å². The average Bonchev–Trinajstić information content (AvgIpc) is 2.96. The minimum Gasteiger partial charge on any atom is -0.392 e. The lowest BCUT2D eigenvalue weighted by Crippen LogP contribution is -2.16. The predicted octanol–water partition coefficient (Wildman–Crippen LogP) is 2.92. The molecule has 4 nitrogen and oxygen atoms in total. The van der Waals surface area contributed by atoms with Crippen molar-refractivity contribution in [2.45, 2.75) is 38.5 Å². The van der Waals surface area contributed by atoms with Crippen LogP contribution in [0, 0.1) is 0 Å². The van der Waals surface area contributed by atoms with Gasteiger partial charge in [-0.05, 0) is 38.0 Å². The minimum absolute atomic E-state index is 0.0323. The zero-order valence-electron chi connectivity index (χ0n) is 10.8. The van der Waals surface area contributed by atoms with Crippen LogP contribution in [0.25, 0.3) is 11.0 Å². The number of benzene rings is 1. The topological polar surface area (TPSA) is 47.3 Å². The van der Waals surface area contributed by atoms with Gasteiger partial charge in [0.25, 0.3) is 0 Å². The monoisotopic (exact) mass is 280 g/mol. The SMILES string of the molecule is CC(O)Cn1c(C2CCCO2)nc2cc(Cl)ccc21. The highest BCUT2D eigenvalue weighted by Gasteiger charge is 2.25. The molecular formula is C14H17ClN2O2. The quantitative estimate of drug-likeness (QED) is 0.940. The van der Waals surface area contributed by atoms with E-state index in [1.54, 1.807) is 6.92 Å². The molecule has 3 rings (SSSR count). The molecule has 0 spiro atoms. The van der Waals surface area contributed by atoms with Gasteiger partial charge in [-0.25, -0.2) is 4.98 Å². The molecular weight excluding hydrogens is 264 g/mol. The number of hydrogen-bond acceptors (Lipinski definition) is 3. The molecule has 2 heterocycles. The lowest BCUT2D eigenvalue weighted by Gasteiger charge is -2.14. The molecule has 1 saturated heterocycles. The Labute approximate surface area is 117 Å². The minimum atomic E-state index is -0.423. The highest BCUT2D eigenvalue weighted by molar-refractivity contribution is 6.31. The van der Waals surface area contributed by atoms with Crippen molar-refractivity contribution in [3.63, 3.8) is 0 Å². The van der Waals surface area contributed by atoms with E-state index in [4.69, 9.17) is 16.3 Å². The zero-order chi connectivity index (χ0) is 13.4. The highest BCUT2D eigenvalue weighted by atomic mass is 35.5. The van der Waals surface area contributed by atoms with Crippen molar-refractivity contribution in [1.29, 1.82) is 0 Å². The van der Waals surface area contributed by atoms with Crippen LogP contribution in [-0.2, 0) is 11.3 Å². The molecule has 2 unspecified atom stereocenters. The molecule has 0 radical (unpaired) electrons. The van der Waals surface area contributed by atoms with Crippen LogP contribution in [0.3, 0.4) is 0 Å². The molecule has 0 bridgehead atoms. The Bertz CT molecular complexity index is 588. The van der Waals surface area contributed by atoms with E-state index in [0.29, 0.717) is 11.6 Å². The van der Waals surface area contributed by atoms with E-state index in [0.717, 1.165) is 36.3 Å². The summed E-state index contributed by atoms with van der Waals surface area (Å²) in [6.07, 6.45) is 1.65. The van der Waals surface area contributed by atoms with Gasteiger partial charge in [-0.15, -0.1) is 0 Å². The first-order valence-electron chi connectivity index (χ1n) is 6.60. The molecule has 0 saturated carbocycles. The summed E-state index contributed by atoms with van der Waals surface area (Å²) in [6, 6.07) is 5.66. The fourth-order valence-corrected chi connectivity index (χ4v) is 2.77. The van der Waals surface area contributed by atoms with E-state index in [1.165, 1.54) is 0 Å². The van der Waals surface area contributed by atoms with Gasteiger partial charge in [0.15, 0.2) is 0 Å². The number of aromatic nitrogens is 2. The molecule has 1 aromatic heterocycles. The van der Waals surface area contributed by atoms with E-state index < -0.39 is 6.10 Å². The fourth-order valence-electron chi connectivity index (χ4n) is 2.60. The fraction of sp³-hybridized carbons (Fsp3) is 0.500. The van der Waals surface area contributed by atoms with Crippen molar-refractivity contribution in [3.8, 4) is 0 Å². The summed E-state index contributed by atoms with van der Waals surface area (Å²) in [7, 11) is 0. The van der Waals surface area contributed by atoms with E-state index >= 15 is 0 Å². The van der Waals surface area contributed by atoms with Crippen molar-refractivity contribution < 1.29 is 9.84 Å². The first-order valence-corrected chi connectivity index (χ1v) is 6.98. The number of imidazole rings is 1. The van der Waals surface area contributed by atoms with Crippen molar-refractivity contribution in [1.82, 2.24) is 9.55 Å². The number of hydrogen-bond donors (Lipinski definition) is 1. The first kappa shape index (κ1) is 12.9. The van der Waals surface area contributed by atoms with Crippen molar-refractivity contribution in [2.75, 3.05) is 6.61 Å². The van der Waals surface area contributed by atoms with Crippen LogP contribution in [0.1, 0.15) is 31.7 Å². The summed E-state index contributed by atoms with van der Waals surface area (Å²) < 4.78 is 7.77. The third-order valence-electron chi connectivity index (χ3n) is 3.40. The smallest absolute Gasteiger partial charge is 0.139 e. The number of ether oxygens (including phenoxy) is 1. The van der Waals surface area contributed by atoms with Gasteiger partial charge in [-0.3, -0.25) is 0 Å². The summed E-state index contributed by atoms with van der Waals surface area (Å²) in [5.74, 6) is 0.899. The highest BCUT2D eigenvalue weighted by Crippen LogP contribution is 2.31. The Hall–Kier alpha value is -1.10. The maximum atomic E-state index is 9.69. The van der Waals surface area contributed by atoms with Crippen LogP contribution in [0.5, 0.6) is 0 Å². The number of aliphatic hydroxyl groups excluding tert-OH is 1. The summed E-state index contributed by atoms with van der Waals surface area (Å²) >= 11 is 6.02. The zero-order valence-corrected chi connectivity index (χ0v) is 11.6. The summed E-state index contributed by atoms with van der Waals surface area (Å²) in [5.41, 5.74) is 1.86. The molecule has 1 aromatic carbocycles. The average molecular weight is 281 g/mol. The summed E-state index contributed by atoms with van der Waals surface area (Å²) in [5, 5.41) is 10.4. The van der Waals surface area contributed by atoms with Crippen LogP contribution < -0.4 is 0 Å². The molecule has 2 aromatic rings.